The van der Waals surface area contributed by atoms with Crippen LogP contribution in [-0.4, -0.2) is 32.0 Å². The van der Waals surface area contributed by atoms with Gasteiger partial charge in [-0.2, -0.15) is 5.26 Å². The maximum atomic E-state index is 13.5. The molecular formula is C18H23FN2O4. The van der Waals surface area contributed by atoms with Crippen LogP contribution in [0.3, 0.4) is 0 Å². The second kappa shape index (κ2) is 9.14. The van der Waals surface area contributed by atoms with Crippen LogP contribution in [0.5, 0.6) is 5.75 Å². The quantitative estimate of drug-likeness (QED) is 0.688. The number of halogens is 1. The first kappa shape index (κ1) is 20.6. The predicted octanol–water partition coefficient (Wildman–Crippen LogP) is 2.36. The van der Waals surface area contributed by atoms with Gasteiger partial charge in [0, 0.05) is 6.54 Å². The van der Waals surface area contributed by atoms with Crippen LogP contribution >= 0.6 is 0 Å². The highest BCUT2D eigenvalue weighted by Gasteiger charge is 2.36. The Bertz CT molecular complexity index is 668. The number of carbonyl (C=O) groups excluding carboxylic acids is 2. The van der Waals surface area contributed by atoms with Crippen LogP contribution in [0.15, 0.2) is 18.2 Å². The lowest BCUT2D eigenvalue weighted by molar-refractivity contribution is -0.143. The molecule has 0 saturated carbocycles. The average Bonchev–Trinajstić information content (AvgIpc) is 2.55. The molecule has 0 amide bonds. The fourth-order valence-corrected chi connectivity index (χ4v) is 2.59. The Labute approximate surface area is 146 Å². The van der Waals surface area contributed by atoms with Crippen LogP contribution in [0.4, 0.5) is 4.39 Å². The van der Waals surface area contributed by atoms with Crippen molar-refractivity contribution in [3.05, 3.63) is 29.6 Å². The van der Waals surface area contributed by atoms with E-state index in [-0.39, 0.29) is 30.9 Å². The van der Waals surface area contributed by atoms with Crippen LogP contribution in [0.1, 0.15) is 32.3 Å². The van der Waals surface area contributed by atoms with Gasteiger partial charge in [-0.3, -0.25) is 9.59 Å². The molecule has 7 heteroatoms. The topological polar surface area (TPSA) is 88.4 Å². The van der Waals surface area contributed by atoms with Crippen molar-refractivity contribution in [2.24, 2.45) is 5.41 Å². The summed E-state index contributed by atoms with van der Waals surface area (Å²) in [6, 6.07) is 5.48. The van der Waals surface area contributed by atoms with Gasteiger partial charge in [0.05, 0.1) is 39.2 Å². The molecule has 6 nitrogen and oxygen atoms in total. The van der Waals surface area contributed by atoms with E-state index < -0.39 is 23.2 Å². The van der Waals surface area contributed by atoms with Gasteiger partial charge in [-0.15, -0.1) is 0 Å². The Kier molecular flexibility index (Phi) is 7.52. The van der Waals surface area contributed by atoms with Gasteiger partial charge in [0.25, 0.3) is 0 Å². The molecule has 1 aromatic carbocycles. The zero-order valence-corrected chi connectivity index (χ0v) is 14.9. The number of ether oxygens (including phenoxy) is 2. The smallest absolute Gasteiger partial charge is 0.306 e. The van der Waals surface area contributed by atoms with Crippen LogP contribution in [-0.2, 0) is 20.9 Å². The number of hydrogen-bond acceptors (Lipinski definition) is 6. The summed E-state index contributed by atoms with van der Waals surface area (Å²) in [5.74, 6) is -1.13. The van der Waals surface area contributed by atoms with Crippen molar-refractivity contribution in [2.45, 2.75) is 39.3 Å². The lowest BCUT2D eigenvalue weighted by Gasteiger charge is -2.33. The molecule has 0 spiro atoms. The zero-order chi connectivity index (χ0) is 19.0. The molecule has 25 heavy (non-hydrogen) atoms. The van der Waals surface area contributed by atoms with Gasteiger partial charge in [-0.1, -0.05) is 19.9 Å². The largest absolute Gasteiger partial charge is 0.494 e. The first-order chi connectivity index (χ1) is 11.7. The summed E-state index contributed by atoms with van der Waals surface area (Å²) in [7, 11) is 2.65. The molecule has 1 N–H and O–H groups in total. The third kappa shape index (κ3) is 5.84. The summed E-state index contributed by atoms with van der Waals surface area (Å²) in [4.78, 5) is 24.0. The summed E-state index contributed by atoms with van der Waals surface area (Å²) in [6.45, 7) is 3.76. The predicted molar refractivity (Wildman–Crippen MR) is 89.2 cm³/mol. The molecule has 1 rings (SSSR count). The number of rotatable bonds is 9. The lowest BCUT2D eigenvalue weighted by Crippen LogP contribution is -2.48. The average molecular weight is 350 g/mol. The molecule has 0 saturated heterocycles. The molecule has 0 heterocycles. The van der Waals surface area contributed by atoms with E-state index >= 15 is 0 Å². The number of nitrogens with one attached hydrogen (secondary N) is 1. The van der Waals surface area contributed by atoms with Crippen LogP contribution in [0.25, 0.3) is 0 Å². The Morgan fingerprint density at radius 1 is 1.36 bits per heavy atom. The molecule has 1 atom stereocenters. The van der Waals surface area contributed by atoms with Gasteiger partial charge in [-0.05, 0) is 23.1 Å². The Morgan fingerprint density at radius 3 is 2.60 bits per heavy atom. The third-order valence-corrected chi connectivity index (χ3v) is 3.91. The van der Waals surface area contributed by atoms with Crippen molar-refractivity contribution < 1.29 is 23.5 Å². The minimum absolute atomic E-state index is 0.0189. The molecule has 0 radical (unpaired) electrons. The summed E-state index contributed by atoms with van der Waals surface area (Å²) in [5.41, 5.74) is -0.0487. The van der Waals surface area contributed by atoms with Crippen LogP contribution in [0.2, 0.25) is 0 Å². The summed E-state index contributed by atoms with van der Waals surface area (Å²) in [5, 5.41) is 11.9. The first-order valence-electron chi connectivity index (χ1n) is 7.77. The molecule has 1 unspecified atom stereocenters. The third-order valence-electron chi connectivity index (χ3n) is 3.91. The number of carbonyl (C=O) groups is 2. The molecule has 0 aliphatic rings. The number of benzene rings is 1. The SMILES string of the molecule is COC(=O)CC(C)(C)C(NCc1ccc(F)c(OC)c1)C(=O)CC#N. The van der Waals surface area contributed by atoms with Crippen molar-refractivity contribution in [3.8, 4) is 11.8 Å². The van der Waals surface area contributed by atoms with Gasteiger partial charge < -0.3 is 14.8 Å². The molecular weight excluding hydrogens is 327 g/mol. The Balaban J connectivity index is 2.96. The molecule has 136 valence electrons. The first-order valence-corrected chi connectivity index (χ1v) is 7.77. The van der Waals surface area contributed by atoms with Gasteiger partial charge >= 0.3 is 5.97 Å². The number of nitriles is 1. The van der Waals surface area contributed by atoms with Gasteiger partial charge in [-0.25, -0.2) is 4.39 Å². The van der Waals surface area contributed by atoms with Gasteiger partial charge in [0.2, 0.25) is 0 Å². The van der Waals surface area contributed by atoms with Gasteiger partial charge in [0.1, 0.15) is 0 Å². The van der Waals surface area contributed by atoms with Crippen molar-refractivity contribution in [3.63, 3.8) is 0 Å². The highest BCUT2D eigenvalue weighted by Crippen LogP contribution is 2.28. The van der Waals surface area contributed by atoms with Crippen molar-refractivity contribution >= 4 is 11.8 Å². The van der Waals surface area contributed by atoms with E-state index in [0.29, 0.717) is 5.56 Å². The van der Waals surface area contributed by atoms with Crippen molar-refractivity contribution in [2.75, 3.05) is 14.2 Å². The van der Waals surface area contributed by atoms with E-state index in [1.54, 1.807) is 19.9 Å². The molecule has 0 aliphatic carbocycles. The zero-order valence-electron chi connectivity index (χ0n) is 14.9. The van der Waals surface area contributed by atoms with Crippen molar-refractivity contribution in [1.29, 1.82) is 5.26 Å². The summed E-state index contributed by atoms with van der Waals surface area (Å²) < 4.78 is 23.1. The number of methoxy groups -OCH3 is 2. The Morgan fingerprint density at radius 2 is 2.04 bits per heavy atom. The number of Topliss-reactive ketones (excluding diaryl/α,β-unsaturated/α-hetero) is 1. The normalized spacial score (nSPS) is 12.2. The van der Waals surface area contributed by atoms with E-state index in [9.17, 15) is 14.0 Å². The van der Waals surface area contributed by atoms with E-state index in [1.807, 2.05) is 6.07 Å². The fraction of sp³-hybridized carbons (Fsp3) is 0.500. The monoisotopic (exact) mass is 350 g/mol. The second-order valence-corrected chi connectivity index (χ2v) is 6.33. The molecule has 0 aromatic heterocycles. The summed E-state index contributed by atoms with van der Waals surface area (Å²) >= 11 is 0. The van der Waals surface area contributed by atoms with Crippen molar-refractivity contribution in [1.82, 2.24) is 5.32 Å². The molecule has 1 aromatic rings. The number of esters is 1. The molecule has 0 bridgehead atoms. The van der Waals surface area contributed by atoms with Crippen LogP contribution in [0, 0.1) is 22.6 Å². The standard InChI is InChI=1S/C18H23FN2O4/c1-18(2,10-16(23)25-4)17(14(22)7-8-20)21-11-12-5-6-13(19)15(9-12)24-3/h5-6,9,17,21H,7,10-11H2,1-4H3. The van der Waals surface area contributed by atoms with Gasteiger partial charge in [0.15, 0.2) is 17.3 Å². The van der Waals surface area contributed by atoms with E-state index in [4.69, 9.17) is 10.00 Å². The molecule has 0 aliphatic heterocycles. The lowest BCUT2D eigenvalue weighted by atomic mass is 9.78. The minimum Gasteiger partial charge on any atom is -0.494 e. The second-order valence-electron chi connectivity index (χ2n) is 6.33. The highest BCUT2D eigenvalue weighted by molar-refractivity contribution is 5.87. The summed E-state index contributed by atoms with van der Waals surface area (Å²) in [6.07, 6.45) is -0.250. The maximum Gasteiger partial charge on any atom is 0.306 e. The Hall–Kier alpha value is -2.46. The number of hydrogen-bond donors (Lipinski definition) is 1. The number of nitrogens with zero attached hydrogens (tertiary/aromatic N) is 1. The van der Waals surface area contributed by atoms with Crippen LogP contribution < -0.4 is 10.1 Å². The maximum absolute atomic E-state index is 13.5. The van der Waals surface area contributed by atoms with E-state index in [0.717, 1.165) is 0 Å². The van der Waals surface area contributed by atoms with E-state index in [2.05, 4.69) is 10.1 Å². The number of ketones is 1. The fourth-order valence-electron chi connectivity index (χ4n) is 2.59. The molecule has 0 fully saturated rings. The van der Waals surface area contributed by atoms with E-state index in [1.165, 1.54) is 26.4 Å². The highest BCUT2D eigenvalue weighted by atomic mass is 19.1. The minimum atomic E-state index is -0.759.